The third-order valence-electron chi connectivity index (χ3n) is 4.32. The van der Waals surface area contributed by atoms with Gasteiger partial charge in [-0.25, -0.2) is 0 Å². The Morgan fingerprint density at radius 1 is 1.35 bits per heavy atom. The minimum absolute atomic E-state index is 0.0929. The zero-order valence-corrected chi connectivity index (χ0v) is 17.4. The van der Waals surface area contributed by atoms with Crippen LogP contribution in [0.15, 0.2) is 10.1 Å². The van der Waals surface area contributed by atoms with Gasteiger partial charge in [0.2, 0.25) is 5.79 Å². The Hall–Kier alpha value is 0.690. The lowest BCUT2D eigenvalue weighted by Crippen LogP contribution is -2.59. The van der Waals surface area contributed by atoms with E-state index in [-0.39, 0.29) is 29.2 Å². The van der Waals surface area contributed by atoms with Crippen LogP contribution in [0.3, 0.4) is 0 Å². The lowest BCUT2D eigenvalue weighted by molar-refractivity contribution is -0.206. The molecule has 132 valence electrons. The predicted octanol–water partition coefficient (Wildman–Crippen LogP) is 3.57. The van der Waals surface area contributed by atoms with Gasteiger partial charge in [0.1, 0.15) is 10.5 Å². The number of halogens is 4. The molecule has 23 heavy (non-hydrogen) atoms. The van der Waals surface area contributed by atoms with Gasteiger partial charge < -0.3 is 18.9 Å². The van der Waals surface area contributed by atoms with E-state index in [1.54, 1.807) is 6.92 Å². The first-order valence-electron chi connectivity index (χ1n) is 7.03. The molecule has 1 aliphatic carbocycles. The van der Waals surface area contributed by atoms with Crippen LogP contribution in [-0.2, 0) is 23.7 Å². The van der Waals surface area contributed by atoms with E-state index in [0.29, 0.717) is 10.8 Å². The number of hydrogen-bond donors (Lipinski definition) is 0. The van der Waals surface area contributed by atoms with Crippen LogP contribution < -0.4 is 0 Å². The number of carbonyl (C=O) groups excluding carboxylic acids is 1. The number of esters is 1. The highest BCUT2D eigenvalue weighted by Gasteiger charge is 2.77. The van der Waals surface area contributed by atoms with E-state index in [4.69, 9.17) is 53.8 Å². The molecule has 2 rings (SSSR count). The Morgan fingerprint density at radius 2 is 1.96 bits per heavy atom. The number of ether oxygens (including phenoxy) is 4. The molecule has 1 fully saturated rings. The molecule has 0 saturated carbocycles. The molecule has 5 nitrogen and oxygen atoms in total. The summed E-state index contributed by atoms with van der Waals surface area (Å²) in [6.45, 7) is 1.97. The maximum absolute atomic E-state index is 12.1. The number of rotatable bonds is 6. The van der Waals surface area contributed by atoms with Gasteiger partial charge in [-0.15, -0.1) is 11.6 Å². The molecular weight excluding hydrogens is 481 g/mol. The number of hydrogen-bond acceptors (Lipinski definition) is 5. The molecule has 0 aromatic rings. The molecule has 0 unspecified atom stereocenters. The topological polar surface area (TPSA) is 54.0 Å². The Balaban J connectivity index is 2.58. The zero-order valence-electron chi connectivity index (χ0n) is 13.0. The van der Waals surface area contributed by atoms with Crippen LogP contribution in [0.2, 0.25) is 0 Å². The molecule has 0 aromatic carbocycles. The second kappa shape index (κ2) is 7.13. The van der Waals surface area contributed by atoms with Gasteiger partial charge >= 0.3 is 5.97 Å². The molecule has 1 saturated heterocycles. The van der Waals surface area contributed by atoms with Crippen molar-refractivity contribution in [2.45, 2.75) is 42.1 Å². The summed E-state index contributed by atoms with van der Waals surface area (Å²) in [5.41, 5.74) is -1.35. The van der Waals surface area contributed by atoms with Crippen molar-refractivity contribution in [3.8, 4) is 0 Å². The molecule has 0 radical (unpaired) electrons. The number of methoxy groups -OCH3 is 2. The van der Waals surface area contributed by atoms with Crippen LogP contribution in [-0.4, -0.2) is 53.6 Å². The molecular formula is C14H18Cl3IO5. The largest absolute Gasteiger partial charge is 0.466 e. The Labute approximate surface area is 164 Å². The number of fused-ring (bicyclic) bond motifs is 1. The quantitative estimate of drug-likeness (QED) is 0.242. The minimum atomic E-state index is -1.49. The van der Waals surface area contributed by atoms with Crippen LogP contribution in [0.4, 0.5) is 0 Å². The standard InChI is InChI=1S/C14H18Cl3IO5/c1-4-22-9(19)6-12-10(15)11(16)14(20-2,21-3)13(12,17)5-8(7-18)23-12/h8H,4-7H2,1-3H3/t8-,12+,13-/m1/s1. The number of alkyl halides is 2. The van der Waals surface area contributed by atoms with E-state index in [2.05, 4.69) is 22.6 Å². The van der Waals surface area contributed by atoms with Crippen molar-refractivity contribution in [1.82, 2.24) is 0 Å². The van der Waals surface area contributed by atoms with Crippen LogP contribution in [0.5, 0.6) is 0 Å². The van der Waals surface area contributed by atoms with Gasteiger partial charge in [0.25, 0.3) is 0 Å². The Morgan fingerprint density at radius 3 is 2.43 bits per heavy atom. The summed E-state index contributed by atoms with van der Waals surface area (Å²) in [4.78, 5) is 10.9. The molecule has 1 heterocycles. The highest BCUT2D eigenvalue weighted by atomic mass is 127. The van der Waals surface area contributed by atoms with Gasteiger partial charge in [-0.05, 0) is 6.92 Å². The minimum Gasteiger partial charge on any atom is -0.466 e. The van der Waals surface area contributed by atoms with Crippen molar-refractivity contribution in [1.29, 1.82) is 0 Å². The van der Waals surface area contributed by atoms with E-state index in [1.807, 2.05) is 0 Å². The van der Waals surface area contributed by atoms with E-state index >= 15 is 0 Å². The molecule has 0 amide bonds. The third kappa shape index (κ3) is 2.64. The molecule has 0 bridgehead atoms. The van der Waals surface area contributed by atoms with Gasteiger partial charge in [-0.1, -0.05) is 45.8 Å². The second-order valence-electron chi connectivity index (χ2n) is 5.36. The molecule has 2 aliphatic rings. The van der Waals surface area contributed by atoms with Gasteiger partial charge in [0.15, 0.2) is 0 Å². The summed E-state index contributed by atoms with van der Waals surface area (Å²) < 4.78 is 22.9. The van der Waals surface area contributed by atoms with Gasteiger partial charge in [-0.2, -0.15) is 0 Å². The Kier molecular flexibility index (Phi) is 6.20. The molecule has 1 aliphatic heterocycles. The van der Waals surface area contributed by atoms with E-state index in [1.165, 1.54) is 14.2 Å². The fourth-order valence-corrected chi connectivity index (χ4v) is 5.45. The van der Waals surface area contributed by atoms with Gasteiger partial charge in [-0.3, -0.25) is 4.79 Å². The highest BCUT2D eigenvalue weighted by Crippen LogP contribution is 2.66. The van der Waals surface area contributed by atoms with Gasteiger partial charge in [0.05, 0.1) is 29.2 Å². The molecule has 3 atom stereocenters. The first kappa shape index (κ1) is 20.0. The van der Waals surface area contributed by atoms with Crippen LogP contribution in [0.1, 0.15) is 19.8 Å². The number of carbonyl (C=O) groups is 1. The fraction of sp³-hybridized carbons (Fsp3) is 0.786. The predicted molar refractivity (Wildman–Crippen MR) is 96.4 cm³/mol. The normalized spacial score (nSPS) is 35.5. The summed E-state index contributed by atoms with van der Waals surface area (Å²) in [6, 6.07) is 0. The monoisotopic (exact) mass is 498 g/mol. The summed E-state index contributed by atoms with van der Waals surface area (Å²) in [6.07, 6.45) is -0.0165. The van der Waals surface area contributed by atoms with Crippen molar-refractivity contribution in [3.05, 3.63) is 10.1 Å². The van der Waals surface area contributed by atoms with Crippen molar-refractivity contribution >= 4 is 63.4 Å². The van der Waals surface area contributed by atoms with E-state index in [0.717, 1.165) is 0 Å². The summed E-state index contributed by atoms with van der Waals surface area (Å²) in [7, 11) is 2.86. The van der Waals surface area contributed by atoms with Gasteiger partial charge in [0, 0.05) is 25.1 Å². The molecule has 0 spiro atoms. The molecule has 0 aromatic heterocycles. The average Bonchev–Trinajstić information content (AvgIpc) is 2.87. The van der Waals surface area contributed by atoms with Crippen molar-refractivity contribution in [2.75, 3.05) is 25.3 Å². The maximum Gasteiger partial charge on any atom is 0.309 e. The van der Waals surface area contributed by atoms with Crippen molar-refractivity contribution < 1.29 is 23.7 Å². The maximum atomic E-state index is 12.1. The smallest absolute Gasteiger partial charge is 0.309 e. The molecule has 9 heteroatoms. The van der Waals surface area contributed by atoms with E-state index < -0.39 is 22.2 Å². The second-order valence-corrected chi connectivity index (χ2v) is 7.64. The fourth-order valence-electron chi connectivity index (χ4n) is 3.37. The highest BCUT2D eigenvalue weighted by molar-refractivity contribution is 14.1. The zero-order chi connectivity index (χ0) is 17.5. The summed E-state index contributed by atoms with van der Waals surface area (Å²) >= 11 is 22.0. The van der Waals surface area contributed by atoms with Crippen LogP contribution in [0, 0.1) is 0 Å². The molecule has 0 N–H and O–H groups in total. The Bertz CT molecular complexity index is 525. The summed E-state index contributed by atoms with van der Waals surface area (Å²) in [5, 5.41) is 0.216. The van der Waals surface area contributed by atoms with Crippen LogP contribution >= 0.6 is 57.4 Å². The third-order valence-corrected chi connectivity index (χ3v) is 7.04. The average molecular weight is 500 g/mol. The summed E-state index contributed by atoms with van der Waals surface area (Å²) in [5.74, 6) is -1.96. The lowest BCUT2D eigenvalue weighted by Gasteiger charge is -2.43. The lowest BCUT2D eigenvalue weighted by atomic mass is 9.82. The van der Waals surface area contributed by atoms with E-state index in [9.17, 15) is 4.79 Å². The van der Waals surface area contributed by atoms with Crippen molar-refractivity contribution in [3.63, 3.8) is 0 Å². The van der Waals surface area contributed by atoms with Crippen molar-refractivity contribution in [2.24, 2.45) is 0 Å². The first-order valence-corrected chi connectivity index (χ1v) is 9.69. The first-order chi connectivity index (χ1) is 10.8. The van der Waals surface area contributed by atoms with Crippen LogP contribution in [0.25, 0.3) is 0 Å². The SMILES string of the molecule is CCOC(=O)C[C@@]12O[C@@H](CI)C[C@]1(Cl)C(OC)(OC)C(Cl)=C2Cl.